The van der Waals surface area contributed by atoms with E-state index in [1.165, 1.54) is 0 Å². The average Bonchev–Trinajstić information content (AvgIpc) is 2.67. The fourth-order valence-electron chi connectivity index (χ4n) is 2.24. The molecule has 1 aromatic heterocycles. The van der Waals surface area contributed by atoms with Crippen molar-refractivity contribution in [2.24, 2.45) is 7.05 Å². The number of nitrogens with one attached hydrogen (secondary N) is 1. The number of aryl methyl sites for hydroxylation is 2. The van der Waals surface area contributed by atoms with Gasteiger partial charge in [-0.3, -0.25) is 9.48 Å². The van der Waals surface area contributed by atoms with Gasteiger partial charge in [0, 0.05) is 19.3 Å². The molecule has 2 N–H and O–H groups in total. The lowest BCUT2D eigenvalue weighted by Crippen LogP contribution is -2.43. The molecule has 0 aliphatic carbocycles. The first kappa shape index (κ1) is 15.7. The molecule has 0 spiro atoms. The molecule has 0 saturated heterocycles. The number of rotatable bonds is 7. The minimum Gasteiger partial charge on any atom is -0.388 e. The first-order chi connectivity index (χ1) is 8.91. The molecule has 108 valence electrons. The maximum atomic E-state index is 12.0. The second kappa shape index (κ2) is 6.70. The molecule has 0 atom stereocenters. The second-order valence-corrected chi connectivity index (χ2v) is 5.20. The molecular weight excluding hydrogens is 242 g/mol. The Bertz CT molecular complexity index is 401. The van der Waals surface area contributed by atoms with Gasteiger partial charge in [-0.25, -0.2) is 0 Å². The normalized spacial score (nSPS) is 11.6. The number of carbonyl (C=O) groups excluding carboxylic acids is 1. The predicted octanol–water partition coefficient (Wildman–Crippen LogP) is 1.79. The van der Waals surface area contributed by atoms with Crippen LogP contribution in [-0.4, -0.2) is 32.9 Å². The minimum atomic E-state index is -0.803. The summed E-state index contributed by atoms with van der Waals surface area (Å²) in [6.45, 7) is 6.24. The Morgan fingerprint density at radius 2 is 2.00 bits per heavy atom. The molecule has 0 saturated carbocycles. The zero-order valence-electron chi connectivity index (χ0n) is 12.4. The molecule has 0 bridgehead atoms. The smallest absolute Gasteiger partial charge is 0.271 e. The highest BCUT2D eigenvalue weighted by atomic mass is 16.3. The Balaban J connectivity index is 2.61. The summed E-state index contributed by atoms with van der Waals surface area (Å²) in [6, 6.07) is 1.74. The van der Waals surface area contributed by atoms with Crippen LogP contribution in [0.2, 0.25) is 0 Å². The highest BCUT2D eigenvalue weighted by molar-refractivity contribution is 5.92. The number of nitrogens with zero attached hydrogens (tertiary/aromatic N) is 2. The van der Waals surface area contributed by atoms with Crippen LogP contribution in [0.4, 0.5) is 0 Å². The summed E-state index contributed by atoms with van der Waals surface area (Å²) >= 11 is 0. The van der Waals surface area contributed by atoms with Gasteiger partial charge in [0.05, 0.1) is 5.60 Å². The Hall–Kier alpha value is -1.36. The third-order valence-corrected chi connectivity index (χ3v) is 3.36. The molecule has 5 heteroatoms. The van der Waals surface area contributed by atoms with E-state index < -0.39 is 5.60 Å². The van der Waals surface area contributed by atoms with E-state index in [4.69, 9.17) is 0 Å². The van der Waals surface area contributed by atoms with Crippen LogP contribution in [0, 0.1) is 6.92 Å². The van der Waals surface area contributed by atoms with E-state index in [9.17, 15) is 9.90 Å². The van der Waals surface area contributed by atoms with Crippen LogP contribution in [0.15, 0.2) is 6.07 Å². The number of hydrogen-bond acceptors (Lipinski definition) is 3. The maximum Gasteiger partial charge on any atom is 0.271 e. The molecule has 0 aromatic carbocycles. The molecule has 0 radical (unpaired) electrons. The second-order valence-electron chi connectivity index (χ2n) is 5.20. The van der Waals surface area contributed by atoms with Crippen LogP contribution in [-0.2, 0) is 7.05 Å². The van der Waals surface area contributed by atoms with E-state index >= 15 is 0 Å². The number of amides is 1. The van der Waals surface area contributed by atoms with Crippen molar-refractivity contribution in [2.75, 3.05) is 6.54 Å². The Labute approximate surface area is 115 Å². The molecule has 1 rings (SSSR count). The number of aromatic nitrogens is 2. The zero-order chi connectivity index (χ0) is 14.5. The molecule has 0 aliphatic heterocycles. The van der Waals surface area contributed by atoms with Gasteiger partial charge in [0.15, 0.2) is 0 Å². The van der Waals surface area contributed by atoms with Crippen molar-refractivity contribution in [3.63, 3.8) is 0 Å². The van der Waals surface area contributed by atoms with Crippen LogP contribution in [0.1, 0.15) is 55.7 Å². The molecule has 1 aromatic rings. The van der Waals surface area contributed by atoms with Gasteiger partial charge in [0.2, 0.25) is 0 Å². The van der Waals surface area contributed by atoms with Crippen molar-refractivity contribution < 1.29 is 9.90 Å². The Morgan fingerprint density at radius 1 is 1.42 bits per heavy atom. The first-order valence-electron chi connectivity index (χ1n) is 6.93. The highest BCUT2D eigenvalue weighted by Gasteiger charge is 2.26. The molecule has 0 unspecified atom stereocenters. The largest absolute Gasteiger partial charge is 0.388 e. The summed E-state index contributed by atoms with van der Waals surface area (Å²) in [4.78, 5) is 12.0. The van der Waals surface area contributed by atoms with Gasteiger partial charge >= 0.3 is 0 Å². The fourth-order valence-corrected chi connectivity index (χ4v) is 2.24. The van der Waals surface area contributed by atoms with Crippen molar-refractivity contribution in [3.8, 4) is 0 Å². The van der Waals surface area contributed by atoms with E-state index in [0.717, 1.165) is 18.5 Å². The summed E-state index contributed by atoms with van der Waals surface area (Å²) in [5, 5.41) is 17.3. The summed E-state index contributed by atoms with van der Waals surface area (Å²) < 4.78 is 1.67. The zero-order valence-corrected chi connectivity index (χ0v) is 12.4. The van der Waals surface area contributed by atoms with Crippen LogP contribution < -0.4 is 5.32 Å². The molecule has 19 heavy (non-hydrogen) atoms. The maximum absolute atomic E-state index is 12.0. The lowest BCUT2D eigenvalue weighted by Gasteiger charge is -2.27. The van der Waals surface area contributed by atoms with Crippen LogP contribution >= 0.6 is 0 Å². The van der Waals surface area contributed by atoms with Crippen LogP contribution in [0.3, 0.4) is 0 Å². The lowest BCUT2D eigenvalue weighted by molar-refractivity contribution is 0.0212. The van der Waals surface area contributed by atoms with Gasteiger partial charge in [0.25, 0.3) is 5.91 Å². The third kappa shape index (κ3) is 4.35. The topological polar surface area (TPSA) is 67.2 Å². The minimum absolute atomic E-state index is 0.227. The van der Waals surface area contributed by atoms with E-state index in [1.54, 1.807) is 17.8 Å². The van der Waals surface area contributed by atoms with Gasteiger partial charge in [-0.05, 0) is 25.8 Å². The van der Waals surface area contributed by atoms with Crippen LogP contribution in [0.25, 0.3) is 0 Å². The number of carbonyl (C=O) groups is 1. The number of hydrogen-bond donors (Lipinski definition) is 2. The Kier molecular flexibility index (Phi) is 5.54. The van der Waals surface area contributed by atoms with E-state index in [-0.39, 0.29) is 12.5 Å². The van der Waals surface area contributed by atoms with Crippen molar-refractivity contribution in [3.05, 3.63) is 17.5 Å². The van der Waals surface area contributed by atoms with Gasteiger partial charge < -0.3 is 10.4 Å². The van der Waals surface area contributed by atoms with Crippen molar-refractivity contribution in [1.82, 2.24) is 15.1 Å². The summed E-state index contributed by atoms with van der Waals surface area (Å²) in [5.74, 6) is -0.227. The molecule has 0 aliphatic rings. The summed E-state index contributed by atoms with van der Waals surface area (Å²) in [5.41, 5.74) is 0.529. The molecule has 0 fully saturated rings. The average molecular weight is 267 g/mol. The lowest BCUT2D eigenvalue weighted by atomic mass is 9.92. The molecule has 5 nitrogen and oxygen atoms in total. The standard InChI is InChI=1S/C14H25N3O2/c1-5-7-14(19,8-6-2)10-15-13(18)12-9-11(3)17(4)16-12/h9,19H,5-8,10H2,1-4H3,(H,15,18). The van der Waals surface area contributed by atoms with Gasteiger partial charge in [-0.1, -0.05) is 26.7 Å². The Morgan fingerprint density at radius 3 is 2.42 bits per heavy atom. The fraction of sp³-hybridized carbons (Fsp3) is 0.714. The monoisotopic (exact) mass is 267 g/mol. The van der Waals surface area contributed by atoms with Gasteiger partial charge in [-0.15, -0.1) is 0 Å². The van der Waals surface area contributed by atoms with Gasteiger partial charge in [-0.2, -0.15) is 5.10 Å². The molecule has 1 amide bonds. The van der Waals surface area contributed by atoms with E-state index in [1.807, 2.05) is 20.8 Å². The van der Waals surface area contributed by atoms with E-state index in [2.05, 4.69) is 10.4 Å². The third-order valence-electron chi connectivity index (χ3n) is 3.36. The van der Waals surface area contributed by atoms with Crippen LogP contribution in [0.5, 0.6) is 0 Å². The summed E-state index contributed by atoms with van der Waals surface area (Å²) in [6.07, 6.45) is 3.19. The summed E-state index contributed by atoms with van der Waals surface area (Å²) in [7, 11) is 1.80. The highest BCUT2D eigenvalue weighted by Crippen LogP contribution is 2.18. The molecular formula is C14H25N3O2. The van der Waals surface area contributed by atoms with E-state index in [0.29, 0.717) is 18.5 Å². The SMILES string of the molecule is CCCC(O)(CCC)CNC(=O)c1cc(C)n(C)n1. The van der Waals surface area contributed by atoms with Gasteiger partial charge in [0.1, 0.15) is 5.69 Å². The molecule has 1 heterocycles. The van der Waals surface area contributed by atoms with Crippen molar-refractivity contribution in [1.29, 1.82) is 0 Å². The first-order valence-corrected chi connectivity index (χ1v) is 6.93. The quantitative estimate of drug-likeness (QED) is 0.791. The predicted molar refractivity (Wildman–Crippen MR) is 75.0 cm³/mol. The number of aliphatic hydroxyl groups is 1. The van der Waals surface area contributed by atoms with Crippen molar-refractivity contribution in [2.45, 2.75) is 52.1 Å². The van der Waals surface area contributed by atoms with Crippen molar-refractivity contribution >= 4 is 5.91 Å².